The van der Waals surface area contributed by atoms with E-state index < -0.39 is 5.54 Å². The number of likely N-dealkylation sites (tertiary alicyclic amines) is 1. The first kappa shape index (κ1) is 22.8. The fraction of sp³-hybridized carbons (Fsp3) is 0.400. The Morgan fingerprint density at radius 3 is 2.33 bits per heavy atom. The average molecular weight is 453 g/mol. The Balaban J connectivity index is 1.47. The van der Waals surface area contributed by atoms with Crippen molar-refractivity contribution in [2.75, 3.05) is 31.2 Å². The number of anilines is 1. The zero-order valence-electron chi connectivity index (χ0n) is 18.8. The first-order chi connectivity index (χ1) is 15.9. The third-order valence-corrected chi connectivity index (χ3v) is 6.57. The van der Waals surface area contributed by atoms with Crippen LogP contribution in [0.3, 0.4) is 0 Å². The molecule has 2 aromatic carbocycles. The van der Waals surface area contributed by atoms with Crippen LogP contribution in [-0.2, 0) is 20.9 Å². The predicted octanol–water partition coefficient (Wildman–Crippen LogP) is 2.52. The van der Waals surface area contributed by atoms with Gasteiger partial charge in [-0.05, 0) is 42.7 Å². The third kappa shape index (κ3) is 4.69. The lowest BCUT2D eigenvalue weighted by Gasteiger charge is -2.43. The first-order valence-electron chi connectivity index (χ1n) is 11.3. The summed E-state index contributed by atoms with van der Waals surface area (Å²) in [5.41, 5.74) is 0.950. The van der Waals surface area contributed by atoms with E-state index >= 15 is 0 Å². The maximum atomic E-state index is 13.6. The number of rotatable bonds is 6. The molecule has 0 saturated carbocycles. The van der Waals surface area contributed by atoms with Gasteiger partial charge in [-0.25, -0.2) is 4.39 Å². The summed E-state index contributed by atoms with van der Waals surface area (Å²) in [6.07, 6.45) is 1.50. The normalized spacial score (nSPS) is 17.5. The van der Waals surface area contributed by atoms with Gasteiger partial charge in [0, 0.05) is 31.7 Å². The lowest BCUT2D eigenvalue weighted by molar-refractivity contribution is -0.139. The SMILES string of the molecule is CCC(=O)N1CCC2(CC1)C(=O)N(CC(=O)NCc1ccc(F)cc1)CN2c1ccccc1. The number of amides is 3. The molecule has 2 aromatic rings. The van der Waals surface area contributed by atoms with Gasteiger partial charge >= 0.3 is 0 Å². The molecular formula is C25H29FN4O3. The van der Waals surface area contributed by atoms with E-state index in [1.165, 1.54) is 12.1 Å². The van der Waals surface area contributed by atoms with Crippen molar-refractivity contribution in [3.8, 4) is 0 Å². The summed E-state index contributed by atoms with van der Waals surface area (Å²) in [6.45, 7) is 3.41. The molecule has 2 fully saturated rings. The number of carbonyl (C=O) groups is 3. The molecule has 2 saturated heterocycles. The van der Waals surface area contributed by atoms with Crippen LogP contribution in [0.15, 0.2) is 54.6 Å². The second-order valence-corrected chi connectivity index (χ2v) is 8.58. The minimum absolute atomic E-state index is 0.0529. The van der Waals surface area contributed by atoms with Gasteiger partial charge in [0.15, 0.2) is 0 Å². The van der Waals surface area contributed by atoms with Crippen LogP contribution in [0, 0.1) is 5.82 Å². The van der Waals surface area contributed by atoms with Gasteiger partial charge in [0.25, 0.3) is 5.91 Å². The summed E-state index contributed by atoms with van der Waals surface area (Å²) in [5.74, 6) is -0.576. The Hall–Kier alpha value is -3.42. The van der Waals surface area contributed by atoms with E-state index in [9.17, 15) is 18.8 Å². The number of para-hydroxylation sites is 1. The minimum Gasteiger partial charge on any atom is -0.350 e. The number of halogens is 1. The summed E-state index contributed by atoms with van der Waals surface area (Å²) in [6, 6.07) is 15.7. The summed E-state index contributed by atoms with van der Waals surface area (Å²) in [5, 5.41) is 2.81. The topological polar surface area (TPSA) is 73.0 Å². The van der Waals surface area contributed by atoms with Gasteiger partial charge < -0.3 is 20.0 Å². The summed E-state index contributed by atoms with van der Waals surface area (Å²) >= 11 is 0. The molecule has 174 valence electrons. The molecule has 2 aliphatic heterocycles. The Morgan fingerprint density at radius 1 is 1.03 bits per heavy atom. The van der Waals surface area contributed by atoms with Gasteiger partial charge in [0.2, 0.25) is 11.8 Å². The third-order valence-electron chi connectivity index (χ3n) is 6.57. The van der Waals surface area contributed by atoms with Crippen molar-refractivity contribution in [3.63, 3.8) is 0 Å². The number of carbonyl (C=O) groups excluding carboxylic acids is 3. The van der Waals surface area contributed by atoms with Crippen LogP contribution in [0.1, 0.15) is 31.7 Å². The van der Waals surface area contributed by atoms with E-state index in [2.05, 4.69) is 10.2 Å². The van der Waals surface area contributed by atoms with Crippen LogP contribution in [0.25, 0.3) is 0 Å². The minimum atomic E-state index is -0.761. The highest BCUT2D eigenvalue weighted by atomic mass is 19.1. The molecule has 1 spiro atoms. The summed E-state index contributed by atoms with van der Waals surface area (Å²) in [4.78, 5) is 43.9. The van der Waals surface area contributed by atoms with Gasteiger partial charge in [-0.3, -0.25) is 14.4 Å². The number of hydrogen-bond acceptors (Lipinski definition) is 4. The molecule has 0 aromatic heterocycles. The highest BCUT2D eigenvalue weighted by molar-refractivity contribution is 5.96. The van der Waals surface area contributed by atoms with Gasteiger partial charge in [0.1, 0.15) is 17.9 Å². The molecule has 0 radical (unpaired) electrons. The van der Waals surface area contributed by atoms with Crippen molar-refractivity contribution < 1.29 is 18.8 Å². The Kier molecular flexibility index (Phi) is 6.62. The molecule has 0 atom stereocenters. The van der Waals surface area contributed by atoms with Gasteiger partial charge in [-0.1, -0.05) is 37.3 Å². The number of benzene rings is 2. The van der Waals surface area contributed by atoms with E-state index in [1.54, 1.807) is 17.0 Å². The Bertz CT molecular complexity index is 1000. The number of nitrogens with one attached hydrogen (secondary N) is 1. The van der Waals surface area contributed by atoms with Crippen LogP contribution >= 0.6 is 0 Å². The predicted molar refractivity (Wildman–Crippen MR) is 123 cm³/mol. The molecule has 7 nitrogen and oxygen atoms in total. The van der Waals surface area contributed by atoms with E-state index in [0.717, 1.165) is 11.3 Å². The molecule has 3 amide bonds. The first-order valence-corrected chi connectivity index (χ1v) is 11.3. The monoisotopic (exact) mass is 452 g/mol. The van der Waals surface area contributed by atoms with Crippen LogP contribution < -0.4 is 10.2 Å². The van der Waals surface area contributed by atoms with Gasteiger partial charge in [0.05, 0.1) is 6.67 Å². The molecule has 33 heavy (non-hydrogen) atoms. The fourth-order valence-electron chi connectivity index (χ4n) is 4.70. The number of hydrogen-bond donors (Lipinski definition) is 1. The molecule has 2 aliphatic rings. The zero-order valence-corrected chi connectivity index (χ0v) is 18.8. The van der Waals surface area contributed by atoms with E-state index in [1.807, 2.05) is 42.2 Å². The number of nitrogens with zero attached hydrogens (tertiary/aromatic N) is 3. The van der Waals surface area contributed by atoms with Crippen LogP contribution in [0.4, 0.5) is 10.1 Å². The van der Waals surface area contributed by atoms with Crippen molar-refractivity contribution in [3.05, 3.63) is 66.0 Å². The molecule has 2 heterocycles. The molecule has 1 N–H and O–H groups in total. The van der Waals surface area contributed by atoms with Crippen molar-refractivity contribution in [2.45, 2.75) is 38.3 Å². The lowest BCUT2D eigenvalue weighted by atomic mass is 9.85. The fourth-order valence-corrected chi connectivity index (χ4v) is 4.70. The molecule has 0 bridgehead atoms. The second kappa shape index (κ2) is 9.60. The molecular weight excluding hydrogens is 423 g/mol. The Morgan fingerprint density at radius 2 is 1.70 bits per heavy atom. The van der Waals surface area contributed by atoms with Crippen molar-refractivity contribution in [2.24, 2.45) is 0 Å². The van der Waals surface area contributed by atoms with Crippen LogP contribution in [-0.4, -0.2) is 59.4 Å². The smallest absolute Gasteiger partial charge is 0.250 e. The summed E-state index contributed by atoms with van der Waals surface area (Å²) < 4.78 is 13.1. The van der Waals surface area contributed by atoms with E-state index in [4.69, 9.17) is 0 Å². The van der Waals surface area contributed by atoms with E-state index in [-0.39, 0.29) is 36.6 Å². The summed E-state index contributed by atoms with van der Waals surface area (Å²) in [7, 11) is 0. The maximum absolute atomic E-state index is 13.6. The van der Waals surface area contributed by atoms with Gasteiger partial charge in [-0.15, -0.1) is 0 Å². The Labute approximate surface area is 193 Å². The lowest BCUT2D eigenvalue weighted by Crippen LogP contribution is -2.57. The second-order valence-electron chi connectivity index (χ2n) is 8.58. The molecule has 8 heteroatoms. The van der Waals surface area contributed by atoms with Crippen LogP contribution in [0.5, 0.6) is 0 Å². The maximum Gasteiger partial charge on any atom is 0.250 e. The van der Waals surface area contributed by atoms with Gasteiger partial charge in [-0.2, -0.15) is 0 Å². The highest BCUT2D eigenvalue weighted by Crippen LogP contribution is 2.39. The highest BCUT2D eigenvalue weighted by Gasteiger charge is 2.54. The number of piperidine rings is 1. The molecule has 0 unspecified atom stereocenters. The van der Waals surface area contributed by atoms with E-state index in [0.29, 0.717) is 39.0 Å². The van der Waals surface area contributed by atoms with Crippen LogP contribution in [0.2, 0.25) is 0 Å². The average Bonchev–Trinajstić information content (AvgIpc) is 3.10. The zero-order chi connectivity index (χ0) is 23.4. The largest absolute Gasteiger partial charge is 0.350 e. The quantitative estimate of drug-likeness (QED) is 0.731. The van der Waals surface area contributed by atoms with Crippen molar-refractivity contribution in [1.82, 2.24) is 15.1 Å². The van der Waals surface area contributed by atoms with Crippen molar-refractivity contribution >= 4 is 23.4 Å². The van der Waals surface area contributed by atoms with Crippen molar-refractivity contribution in [1.29, 1.82) is 0 Å². The standard InChI is InChI=1S/C25H29FN4O3/c1-2-23(32)28-14-12-25(13-15-28)24(33)29(18-30(25)21-6-4-3-5-7-21)17-22(31)27-16-19-8-10-20(26)11-9-19/h3-11H,2,12-18H2,1H3,(H,27,31). The molecule has 4 rings (SSSR count). The molecule has 0 aliphatic carbocycles.